The lowest BCUT2D eigenvalue weighted by molar-refractivity contribution is 0.112. The molecule has 102 valence electrons. The number of carbonyl (C=O) groups is 1. The number of carbonyl (C=O) groups excluding carboxylic acids is 1. The van der Waals surface area contributed by atoms with Crippen LogP contribution in [0.5, 0.6) is 5.75 Å². The highest BCUT2D eigenvalue weighted by Gasteiger charge is 2.13. The number of rotatable bonds is 3. The fourth-order valence-electron chi connectivity index (χ4n) is 2.40. The molecule has 3 heteroatoms. The molecule has 0 amide bonds. The largest absolute Gasteiger partial charge is 0.507 e. The summed E-state index contributed by atoms with van der Waals surface area (Å²) in [5.74, 6) is 0.0816. The second-order valence-electron chi connectivity index (χ2n) is 4.80. The van der Waals surface area contributed by atoms with E-state index in [9.17, 15) is 9.90 Å². The predicted molar refractivity (Wildman–Crippen MR) is 83.4 cm³/mol. The first-order valence-corrected chi connectivity index (χ1v) is 6.56. The van der Waals surface area contributed by atoms with Gasteiger partial charge in [0.25, 0.3) is 0 Å². The molecule has 3 rings (SSSR count). The molecule has 0 saturated carbocycles. The van der Waals surface area contributed by atoms with Crippen molar-refractivity contribution in [2.45, 2.75) is 0 Å². The Morgan fingerprint density at radius 3 is 2.38 bits per heavy atom. The molecule has 3 aromatic rings. The minimum Gasteiger partial charge on any atom is -0.507 e. The van der Waals surface area contributed by atoms with Gasteiger partial charge in [-0.15, -0.1) is 0 Å². The molecule has 2 N–H and O–H groups in total. The number of phenolic OH excluding ortho intramolecular Hbond substituents is 1. The number of nitrogens with one attached hydrogen (secondary N) is 1. The molecular weight excluding hydrogens is 262 g/mol. The molecule has 3 aromatic carbocycles. The Labute approximate surface area is 122 Å². The first-order valence-electron chi connectivity index (χ1n) is 6.56. The van der Waals surface area contributed by atoms with Crippen LogP contribution in [0.2, 0.25) is 0 Å². The van der Waals surface area contributed by atoms with E-state index in [0.717, 1.165) is 17.1 Å². The number of hydrogen-bond donors (Lipinski definition) is 2. The van der Waals surface area contributed by atoms with Gasteiger partial charge in [0.05, 0.1) is 5.71 Å². The van der Waals surface area contributed by atoms with Crippen molar-refractivity contribution in [1.82, 2.24) is 0 Å². The molecule has 0 aliphatic rings. The van der Waals surface area contributed by atoms with Crippen molar-refractivity contribution >= 4 is 22.8 Å². The molecule has 0 aliphatic heterocycles. The molecule has 21 heavy (non-hydrogen) atoms. The highest BCUT2D eigenvalue weighted by Crippen LogP contribution is 2.29. The van der Waals surface area contributed by atoms with Crippen LogP contribution < -0.4 is 0 Å². The summed E-state index contributed by atoms with van der Waals surface area (Å²) in [5, 5.41) is 20.3. The monoisotopic (exact) mass is 275 g/mol. The summed E-state index contributed by atoms with van der Waals surface area (Å²) in [6.07, 6.45) is 0.767. The van der Waals surface area contributed by atoms with E-state index < -0.39 is 0 Å². The lowest BCUT2D eigenvalue weighted by Crippen LogP contribution is -2.03. The summed E-state index contributed by atoms with van der Waals surface area (Å²) in [6, 6.07) is 17.8. The zero-order chi connectivity index (χ0) is 14.8. The number of phenols is 1. The van der Waals surface area contributed by atoms with Gasteiger partial charge >= 0.3 is 0 Å². The molecule has 0 aromatic heterocycles. The Balaban J connectivity index is 2.16. The lowest BCUT2D eigenvalue weighted by Gasteiger charge is -2.11. The summed E-state index contributed by atoms with van der Waals surface area (Å²) in [6.45, 7) is 0. The van der Waals surface area contributed by atoms with Gasteiger partial charge in [-0.2, -0.15) is 0 Å². The van der Waals surface area contributed by atoms with Crippen LogP contribution >= 0.6 is 0 Å². The van der Waals surface area contributed by atoms with Gasteiger partial charge in [-0.1, -0.05) is 54.6 Å². The molecule has 0 heterocycles. The second kappa shape index (κ2) is 5.21. The van der Waals surface area contributed by atoms with Gasteiger partial charge in [0, 0.05) is 16.7 Å². The average molecular weight is 275 g/mol. The maximum absolute atomic E-state index is 10.7. The smallest absolute Gasteiger partial charge is 0.150 e. The molecular formula is C18H13NO2. The maximum Gasteiger partial charge on any atom is 0.150 e. The summed E-state index contributed by atoms with van der Waals surface area (Å²) < 4.78 is 0. The van der Waals surface area contributed by atoms with Crippen LogP contribution in [0, 0.1) is 5.41 Å². The van der Waals surface area contributed by atoms with Crippen LogP contribution in [-0.4, -0.2) is 17.1 Å². The Morgan fingerprint density at radius 2 is 1.67 bits per heavy atom. The first-order chi connectivity index (χ1) is 10.2. The fraction of sp³-hybridized carbons (Fsp3) is 0. The van der Waals surface area contributed by atoms with Crippen LogP contribution in [0.15, 0.2) is 60.7 Å². The van der Waals surface area contributed by atoms with Gasteiger partial charge in [0.2, 0.25) is 0 Å². The number of aldehydes is 1. The second-order valence-corrected chi connectivity index (χ2v) is 4.80. The molecule has 0 radical (unpaired) electrons. The van der Waals surface area contributed by atoms with Crippen molar-refractivity contribution in [1.29, 1.82) is 5.41 Å². The third kappa shape index (κ3) is 2.30. The number of benzene rings is 3. The maximum atomic E-state index is 10.7. The molecule has 0 atom stereocenters. The van der Waals surface area contributed by atoms with Crippen molar-refractivity contribution in [2.24, 2.45) is 0 Å². The third-order valence-corrected chi connectivity index (χ3v) is 3.49. The quantitative estimate of drug-likeness (QED) is 0.564. The van der Waals surface area contributed by atoms with Gasteiger partial charge in [-0.3, -0.25) is 10.2 Å². The Bertz CT molecular complexity index is 835. The molecule has 0 aliphatic carbocycles. The zero-order valence-corrected chi connectivity index (χ0v) is 11.2. The van der Waals surface area contributed by atoms with Crippen molar-refractivity contribution in [3.05, 3.63) is 77.4 Å². The molecule has 0 unspecified atom stereocenters. The summed E-state index contributed by atoms with van der Waals surface area (Å²) in [7, 11) is 0. The van der Waals surface area contributed by atoms with Crippen molar-refractivity contribution in [3.63, 3.8) is 0 Å². The van der Waals surface area contributed by atoms with E-state index >= 15 is 0 Å². The van der Waals surface area contributed by atoms with Crippen LogP contribution in [0.4, 0.5) is 0 Å². The van der Waals surface area contributed by atoms with Gasteiger partial charge in [0.15, 0.2) is 0 Å². The van der Waals surface area contributed by atoms with E-state index in [-0.39, 0.29) is 11.5 Å². The van der Waals surface area contributed by atoms with E-state index in [1.54, 1.807) is 30.3 Å². The zero-order valence-electron chi connectivity index (χ0n) is 11.2. The summed E-state index contributed by atoms with van der Waals surface area (Å²) >= 11 is 0. The molecule has 0 saturated heterocycles. The number of aromatic hydroxyl groups is 1. The molecule has 0 spiro atoms. The fourth-order valence-corrected chi connectivity index (χ4v) is 2.40. The Kier molecular flexibility index (Phi) is 3.24. The summed E-state index contributed by atoms with van der Waals surface area (Å²) in [5.41, 5.74) is 1.97. The van der Waals surface area contributed by atoms with E-state index in [4.69, 9.17) is 5.41 Å². The van der Waals surface area contributed by atoms with E-state index in [0.29, 0.717) is 16.7 Å². The van der Waals surface area contributed by atoms with Gasteiger partial charge in [0.1, 0.15) is 12.0 Å². The summed E-state index contributed by atoms with van der Waals surface area (Å²) in [4.78, 5) is 10.7. The predicted octanol–water partition coefficient (Wildman–Crippen LogP) is 3.77. The molecule has 0 bridgehead atoms. The highest BCUT2D eigenvalue weighted by atomic mass is 16.3. The van der Waals surface area contributed by atoms with Crippen LogP contribution in [0.3, 0.4) is 0 Å². The van der Waals surface area contributed by atoms with Crippen molar-refractivity contribution in [3.8, 4) is 5.75 Å². The number of hydrogen-bond acceptors (Lipinski definition) is 3. The third-order valence-electron chi connectivity index (χ3n) is 3.49. The van der Waals surface area contributed by atoms with Gasteiger partial charge in [-0.05, 0) is 16.8 Å². The minimum absolute atomic E-state index is 0.0816. The average Bonchev–Trinajstić information content (AvgIpc) is 2.54. The Hall–Kier alpha value is -2.94. The SMILES string of the molecule is N=C(c1ccc(C=O)cc1)c1c(O)ccc2ccccc12. The van der Waals surface area contributed by atoms with E-state index in [1.807, 2.05) is 30.3 Å². The molecule has 3 nitrogen and oxygen atoms in total. The van der Waals surface area contributed by atoms with Crippen LogP contribution in [0.1, 0.15) is 21.5 Å². The standard InChI is InChI=1S/C18H13NO2/c19-18(14-7-5-12(11-20)6-8-14)17-15-4-2-1-3-13(15)9-10-16(17)21/h1-11,19,21H. The highest BCUT2D eigenvalue weighted by molar-refractivity contribution is 6.19. The van der Waals surface area contributed by atoms with Crippen molar-refractivity contribution < 1.29 is 9.90 Å². The molecule has 0 fully saturated rings. The normalized spacial score (nSPS) is 10.5. The number of fused-ring (bicyclic) bond motifs is 1. The minimum atomic E-state index is 0.0816. The first kappa shape index (κ1) is 13.1. The Morgan fingerprint density at radius 1 is 0.952 bits per heavy atom. The van der Waals surface area contributed by atoms with Crippen LogP contribution in [0.25, 0.3) is 10.8 Å². The topological polar surface area (TPSA) is 61.2 Å². The van der Waals surface area contributed by atoms with Crippen LogP contribution in [-0.2, 0) is 0 Å². The van der Waals surface area contributed by atoms with E-state index in [1.165, 1.54) is 0 Å². The van der Waals surface area contributed by atoms with Gasteiger partial charge < -0.3 is 5.11 Å². The van der Waals surface area contributed by atoms with Crippen molar-refractivity contribution in [2.75, 3.05) is 0 Å². The van der Waals surface area contributed by atoms with E-state index in [2.05, 4.69) is 0 Å². The van der Waals surface area contributed by atoms with Gasteiger partial charge in [-0.25, -0.2) is 0 Å². The lowest BCUT2D eigenvalue weighted by atomic mass is 9.95.